The molecule has 1 aromatic heterocycles. The van der Waals surface area contributed by atoms with Gasteiger partial charge in [-0.05, 0) is 68.3 Å². The summed E-state index contributed by atoms with van der Waals surface area (Å²) in [6.07, 6.45) is 6.62. The molecule has 1 saturated carbocycles. The highest BCUT2D eigenvalue weighted by Crippen LogP contribution is 2.31. The van der Waals surface area contributed by atoms with E-state index >= 15 is 0 Å². The van der Waals surface area contributed by atoms with E-state index in [4.69, 9.17) is 16.7 Å². The van der Waals surface area contributed by atoms with Crippen molar-refractivity contribution < 1.29 is 0 Å². The summed E-state index contributed by atoms with van der Waals surface area (Å²) in [6, 6.07) is 16.0. The van der Waals surface area contributed by atoms with Gasteiger partial charge >= 0.3 is 0 Å². The Kier molecular flexibility index (Phi) is 7.00. The Balaban J connectivity index is 0.00000231. The first-order chi connectivity index (χ1) is 14.7. The fraction of sp³-hybridized carbons (Fsp3) is 0.440. The Bertz CT molecular complexity index is 1090. The highest BCUT2D eigenvalue weighted by Gasteiger charge is 2.27. The number of nitrogens with zero attached hydrogens (tertiary/aromatic N) is 3. The zero-order chi connectivity index (χ0) is 20.5. The number of hydrogen-bond acceptors (Lipinski definition) is 3. The van der Waals surface area contributed by atoms with Crippen LogP contribution in [0, 0.1) is 5.92 Å². The van der Waals surface area contributed by atoms with E-state index in [0.29, 0.717) is 6.42 Å². The summed E-state index contributed by atoms with van der Waals surface area (Å²) < 4.78 is 1.80. The summed E-state index contributed by atoms with van der Waals surface area (Å²) in [7, 11) is 0. The van der Waals surface area contributed by atoms with E-state index in [2.05, 4.69) is 4.90 Å². The first-order valence-electron chi connectivity index (χ1n) is 11.1. The summed E-state index contributed by atoms with van der Waals surface area (Å²) in [4.78, 5) is 15.9. The second-order valence-electron chi connectivity index (χ2n) is 8.87. The molecule has 31 heavy (non-hydrogen) atoms. The van der Waals surface area contributed by atoms with E-state index in [-0.39, 0.29) is 24.0 Å². The largest absolute Gasteiger partial charge is 0.303 e. The molecule has 0 N–H and O–H groups in total. The van der Waals surface area contributed by atoms with Gasteiger partial charge in [0.1, 0.15) is 0 Å². The lowest BCUT2D eigenvalue weighted by Gasteiger charge is -2.21. The summed E-state index contributed by atoms with van der Waals surface area (Å²) >= 11 is 6.05. The van der Waals surface area contributed by atoms with Crippen molar-refractivity contribution in [3.8, 4) is 0 Å². The molecule has 1 atom stereocenters. The van der Waals surface area contributed by atoms with Crippen LogP contribution in [0.3, 0.4) is 0 Å². The van der Waals surface area contributed by atoms with Gasteiger partial charge in [0, 0.05) is 29.9 Å². The maximum atomic E-state index is 13.3. The molecule has 1 aliphatic heterocycles. The Morgan fingerprint density at radius 1 is 0.935 bits per heavy atom. The number of halogens is 2. The SMILES string of the molecule is Cl.O=c1c2ccccc2c(Cc2ccc(Cl)cc2)nn1C1CCCN(CC2CC2)CC1. The highest BCUT2D eigenvalue weighted by atomic mass is 35.5. The van der Waals surface area contributed by atoms with Crippen LogP contribution in [0.25, 0.3) is 10.8 Å². The van der Waals surface area contributed by atoms with Crippen molar-refractivity contribution in [3.05, 3.63) is 75.2 Å². The maximum Gasteiger partial charge on any atom is 0.274 e. The van der Waals surface area contributed by atoms with Crippen LogP contribution in [-0.4, -0.2) is 34.3 Å². The number of benzene rings is 2. The summed E-state index contributed by atoms with van der Waals surface area (Å²) in [6.45, 7) is 3.44. The molecule has 2 aliphatic rings. The van der Waals surface area contributed by atoms with Gasteiger partial charge in [-0.2, -0.15) is 5.10 Å². The van der Waals surface area contributed by atoms with Crippen LogP contribution in [-0.2, 0) is 6.42 Å². The molecule has 5 rings (SSSR count). The lowest BCUT2D eigenvalue weighted by molar-refractivity contribution is 0.267. The van der Waals surface area contributed by atoms with Crippen molar-refractivity contribution >= 4 is 34.8 Å². The molecule has 1 saturated heterocycles. The van der Waals surface area contributed by atoms with E-state index in [1.165, 1.54) is 19.4 Å². The molecule has 3 aromatic rings. The van der Waals surface area contributed by atoms with Crippen LogP contribution < -0.4 is 5.56 Å². The second kappa shape index (κ2) is 9.72. The van der Waals surface area contributed by atoms with E-state index in [1.54, 1.807) is 4.68 Å². The Hall–Kier alpha value is -1.88. The normalized spacial score (nSPS) is 19.7. The molecule has 1 aliphatic carbocycles. The minimum Gasteiger partial charge on any atom is -0.303 e. The number of likely N-dealkylation sites (tertiary alicyclic amines) is 1. The van der Waals surface area contributed by atoms with Crippen LogP contribution in [0.2, 0.25) is 5.02 Å². The van der Waals surface area contributed by atoms with E-state index < -0.39 is 0 Å². The van der Waals surface area contributed by atoms with Crippen molar-refractivity contribution in [1.82, 2.24) is 14.7 Å². The Labute approximate surface area is 194 Å². The zero-order valence-electron chi connectivity index (χ0n) is 17.7. The predicted molar refractivity (Wildman–Crippen MR) is 130 cm³/mol. The smallest absolute Gasteiger partial charge is 0.274 e. The van der Waals surface area contributed by atoms with E-state index in [1.807, 2.05) is 48.5 Å². The molecule has 0 radical (unpaired) electrons. The van der Waals surface area contributed by atoms with Gasteiger partial charge in [-0.15, -0.1) is 12.4 Å². The average molecular weight is 458 g/mol. The Morgan fingerprint density at radius 3 is 2.42 bits per heavy atom. The molecule has 4 nitrogen and oxygen atoms in total. The minimum atomic E-state index is 0. The van der Waals surface area contributed by atoms with Gasteiger partial charge in [0.2, 0.25) is 0 Å². The summed E-state index contributed by atoms with van der Waals surface area (Å²) in [5.41, 5.74) is 2.16. The lowest BCUT2D eigenvalue weighted by Crippen LogP contribution is -2.30. The van der Waals surface area contributed by atoms with Crippen molar-refractivity contribution in [3.63, 3.8) is 0 Å². The van der Waals surface area contributed by atoms with E-state index in [9.17, 15) is 4.79 Å². The molecule has 6 heteroatoms. The molecule has 0 spiro atoms. The fourth-order valence-electron chi connectivity index (χ4n) is 4.68. The standard InChI is InChI=1S/C25H28ClN3O.ClH/c26-20-11-9-18(10-12-20)16-24-22-5-1-2-6-23(22)25(30)29(27-24)21-4-3-14-28(15-13-21)17-19-7-8-19;/h1-2,5-6,9-12,19,21H,3-4,7-8,13-17H2;1H. The number of fused-ring (bicyclic) bond motifs is 1. The third-order valence-corrected chi connectivity index (χ3v) is 6.79. The Morgan fingerprint density at radius 2 is 1.68 bits per heavy atom. The average Bonchev–Trinajstić information content (AvgIpc) is 3.60. The van der Waals surface area contributed by atoms with Crippen LogP contribution in [0.5, 0.6) is 0 Å². The molecule has 0 amide bonds. The molecule has 2 fully saturated rings. The minimum absolute atomic E-state index is 0. The summed E-state index contributed by atoms with van der Waals surface area (Å²) in [5, 5.41) is 7.40. The maximum absolute atomic E-state index is 13.3. The van der Waals surface area contributed by atoms with Crippen molar-refractivity contribution in [2.75, 3.05) is 19.6 Å². The van der Waals surface area contributed by atoms with Gasteiger partial charge in [-0.25, -0.2) is 4.68 Å². The molecule has 164 valence electrons. The summed E-state index contributed by atoms with van der Waals surface area (Å²) in [5.74, 6) is 0.911. The zero-order valence-corrected chi connectivity index (χ0v) is 19.2. The van der Waals surface area contributed by atoms with Gasteiger partial charge < -0.3 is 4.90 Å². The second-order valence-corrected chi connectivity index (χ2v) is 9.31. The van der Waals surface area contributed by atoms with Gasteiger partial charge in [0.05, 0.1) is 17.1 Å². The first-order valence-corrected chi connectivity index (χ1v) is 11.5. The third kappa shape index (κ3) is 5.14. The van der Waals surface area contributed by atoms with Crippen molar-refractivity contribution in [2.45, 2.75) is 44.6 Å². The quantitative estimate of drug-likeness (QED) is 0.507. The predicted octanol–water partition coefficient (Wildman–Crippen LogP) is 5.50. The van der Waals surface area contributed by atoms with Crippen molar-refractivity contribution in [2.24, 2.45) is 5.92 Å². The highest BCUT2D eigenvalue weighted by molar-refractivity contribution is 6.30. The van der Waals surface area contributed by atoms with Crippen molar-refractivity contribution in [1.29, 1.82) is 0 Å². The van der Waals surface area contributed by atoms with Gasteiger partial charge in [0.25, 0.3) is 5.56 Å². The van der Waals surface area contributed by atoms with Gasteiger partial charge in [-0.1, -0.05) is 41.9 Å². The molecule has 2 heterocycles. The van der Waals surface area contributed by atoms with Crippen LogP contribution in [0.1, 0.15) is 49.4 Å². The number of aromatic nitrogens is 2. The molecule has 1 unspecified atom stereocenters. The van der Waals surface area contributed by atoms with E-state index in [0.717, 1.165) is 65.3 Å². The van der Waals surface area contributed by atoms with Gasteiger partial charge in [0.15, 0.2) is 0 Å². The van der Waals surface area contributed by atoms with Crippen LogP contribution >= 0.6 is 24.0 Å². The molecular formula is C25H29Cl2N3O. The molecule has 0 bridgehead atoms. The lowest BCUT2D eigenvalue weighted by atomic mass is 10.0. The topological polar surface area (TPSA) is 38.1 Å². The number of rotatable bonds is 5. The van der Waals surface area contributed by atoms with Crippen LogP contribution in [0.4, 0.5) is 0 Å². The molecular weight excluding hydrogens is 429 g/mol. The third-order valence-electron chi connectivity index (χ3n) is 6.54. The van der Waals surface area contributed by atoms with Crippen LogP contribution in [0.15, 0.2) is 53.3 Å². The van der Waals surface area contributed by atoms with Gasteiger partial charge in [-0.3, -0.25) is 4.79 Å². The number of hydrogen-bond donors (Lipinski definition) is 0. The molecule has 2 aromatic carbocycles. The fourth-order valence-corrected chi connectivity index (χ4v) is 4.80. The monoisotopic (exact) mass is 457 g/mol. The first kappa shape index (κ1) is 22.3.